The van der Waals surface area contributed by atoms with Crippen molar-refractivity contribution in [3.63, 3.8) is 0 Å². The first kappa shape index (κ1) is 11.5. The van der Waals surface area contributed by atoms with Gasteiger partial charge in [-0.3, -0.25) is 4.68 Å². The van der Waals surface area contributed by atoms with Gasteiger partial charge in [0.15, 0.2) is 0 Å². The van der Waals surface area contributed by atoms with Crippen molar-refractivity contribution in [2.45, 2.75) is 6.42 Å². The molecule has 96 valence electrons. The lowest BCUT2D eigenvalue weighted by atomic mass is 10.1. The molecule has 0 bridgehead atoms. The van der Waals surface area contributed by atoms with Crippen LogP contribution in [0.4, 0.5) is 5.69 Å². The molecule has 3 rings (SSSR count). The summed E-state index contributed by atoms with van der Waals surface area (Å²) in [4.78, 5) is 4.34. The number of nitrogens with zero attached hydrogens (tertiary/aromatic N) is 4. The van der Waals surface area contributed by atoms with E-state index in [0.717, 1.165) is 16.8 Å². The maximum absolute atomic E-state index is 5.89. The topological polar surface area (TPSA) is 82.8 Å². The molecule has 0 saturated carbocycles. The number of benzene rings is 1. The zero-order chi connectivity index (χ0) is 13.2. The van der Waals surface area contributed by atoms with Crippen LogP contribution in [0.15, 0.2) is 41.2 Å². The van der Waals surface area contributed by atoms with Gasteiger partial charge in [-0.05, 0) is 11.6 Å². The van der Waals surface area contributed by atoms with E-state index in [1.165, 1.54) is 0 Å². The molecule has 0 aliphatic heterocycles. The second-order valence-electron chi connectivity index (χ2n) is 4.29. The zero-order valence-corrected chi connectivity index (χ0v) is 10.4. The van der Waals surface area contributed by atoms with Crippen molar-refractivity contribution >= 4 is 5.69 Å². The highest BCUT2D eigenvalue weighted by atomic mass is 16.5. The monoisotopic (exact) mass is 255 g/mol. The third-order valence-corrected chi connectivity index (χ3v) is 2.83. The van der Waals surface area contributed by atoms with Crippen LogP contribution in [-0.4, -0.2) is 19.9 Å². The van der Waals surface area contributed by atoms with Crippen molar-refractivity contribution in [1.29, 1.82) is 0 Å². The SMILES string of the molecule is Cn1cc(-c2noc(Cc3ccccc3N)n2)cn1. The van der Waals surface area contributed by atoms with Gasteiger partial charge >= 0.3 is 0 Å². The molecule has 2 heterocycles. The first-order valence-electron chi connectivity index (χ1n) is 5.87. The van der Waals surface area contributed by atoms with Crippen LogP contribution in [0.2, 0.25) is 0 Å². The van der Waals surface area contributed by atoms with Gasteiger partial charge in [0.1, 0.15) is 0 Å². The molecule has 2 N–H and O–H groups in total. The first-order valence-corrected chi connectivity index (χ1v) is 5.87. The van der Waals surface area contributed by atoms with Gasteiger partial charge in [-0.25, -0.2) is 0 Å². The third kappa shape index (κ3) is 2.33. The molecule has 0 unspecified atom stereocenters. The number of nitrogens with two attached hydrogens (primary N) is 1. The fraction of sp³-hybridized carbons (Fsp3) is 0.154. The summed E-state index contributed by atoms with van der Waals surface area (Å²) >= 11 is 0. The molecule has 0 fully saturated rings. The Labute approximate surface area is 109 Å². The average Bonchev–Trinajstić information content (AvgIpc) is 3.01. The number of para-hydroxylation sites is 1. The van der Waals surface area contributed by atoms with E-state index in [-0.39, 0.29) is 0 Å². The minimum Gasteiger partial charge on any atom is -0.398 e. The molecule has 0 aliphatic rings. The smallest absolute Gasteiger partial charge is 0.231 e. The summed E-state index contributed by atoms with van der Waals surface area (Å²) in [5.74, 6) is 1.08. The van der Waals surface area contributed by atoms with Crippen molar-refractivity contribution in [1.82, 2.24) is 19.9 Å². The summed E-state index contributed by atoms with van der Waals surface area (Å²) in [6, 6.07) is 7.63. The molecule has 0 amide bonds. The molecule has 0 aliphatic carbocycles. The molecule has 19 heavy (non-hydrogen) atoms. The van der Waals surface area contributed by atoms with Gasteiger partial charge in [0, 0.05) is 18.9 Å². The number of rotatable bonds is 3. The Morgan fingerprint density at radius 2 is 2.16 bits per heavy atom. The van der Waals surface area contributed by atoms with Crippen molar-refractivity contribution in [2.75, 3.05) is 5.73 Å². The minimum atomic E-state index is 0.528. The summed E-state index contributed by atoms with van der Waals surface area (Å²) < 4.78 is 6.93. The molecule has 3 aromatic rings. The molecule has 2 aromatic heterocycles. The summed E-state index contributed by atoms with van der Waals surface area (Å²) in [6.07, 6.45) is 4.07. The maximum Gasteiger partial charge on any atom is 0.231 e. The highest BCUT2D eigenvalue weighted by molar-refractivity contribution is 5.51. The highest BCUT2D eigenvalue weighted by Gasteiger charge is 2.11. The number of anilines is 1. The summed E-state index contributed by atoms with van der Waals surface area (Å²) in [7, 11) is 1.84. The van der Waals surface area contributed by atoms with E-state index in [4.69, 9.17) is 10.3 Å². The van der Waals surface area contributed by atoms with Gasteiger partial charge in [0.25, 0.3) is 0 Å². The van der Waals surface area contributed by atoms with Crippen LogP contribution < -0.4 is 5.73 Å². The predicted molar refractivity (Wildman–Crippen MR) is 70.2 cm³/mol. The Morgan fingerprint density at radius 1 is 1.32 bits per heavy atom. The fourth-order valence-electron chi connectivity index (χ4n) is 1.84. The summed E-state index contributed by atoms with van der Waals surface area (Å²) in [5.41, 5.74) is 8.42. The van der Waals surface area contributed by atoms with Crippen LogP contribution in [-0.2, 0) is 13.5 Å². The molecule has 1 aromatic carbocycles. The molecule has 0 spiro atoms. The van der Waals surface area contributed by atoms with Gasteiger partial charge in [-0.2, -0.15) is 10.1 Å². The van der Waals surface area contributed by atoms with Gasteiger partial charge in [-0.15, -0.1) is 0 Å². The minimum absolute atomic E-state index is 0.528. The normalized spacial score (nSPS) is 10.8. The van der Waals surface area contributed by atoms with Crippen LogP contribution in [0.1, 0.15) is 11.5 Å². The molecule has 0 radical (unpaired) electrons. The van der Waals surface area contributed by atoms with E-state index in [1.54, 1.807) is 10.9 Å². The van der Waals surface area contributed by atoms with E-state index in [0.29, 0.717) is 18.1 Å². The number of nitrogen functional groups attached to an aromatic ring is 1. The van der Waals surface area contributed by atoms with Gasteiger partial charge in [0.2, 0.25) is 11.7 Å². The average molecular weight is 255 g/mol. The van der Waals surface area contributed by atoms with Gasteiger partial charge in [0.05, 0.1) is 18.2 Å². The number of aromatic nitrogens is 4. The van der Waals surface area contributed by atoms with E-state index in [2.05, 4.69) is 15.2 Å². The van der Waals surface area contributed by atoms with Crippen molar-refractivity contribution < 1.29 is 4.52 Å². The van der Waals surface area contributed by atoms with Crippen molar-refractivity contribution in [3.8, 4) is 11.4 Å². The molecule has 6 nitrogen and oxygen atoms in total. The van der Waals surface area contributed by atoms with Crippen LogP contribution in [0.25, 0.3) is 11.4 Å². The predicted octanol–water partition coefficient (Wildman–Crippen LogP) is 1.64. The van der Waals surface area contributed by atoms with Crippen molar-refractivity contribution in [3.05, 3.63) is 48.1 Å². The Bertz CT molecular complexity index is 700. The van der Waals surface area contributed by atoms with Crippen LogP contribution in [0.5, 0.6) is 0 Å². The summed E-state index contributed by atoms with van der Waals surface area (Å²) in [6.45, 7) is 0. The lowest BCUT2D eigenvalue weighted by molar-refractivity contribution is 0.386. The molecule has 0 atom stereocenters. The molecule has 0 saturated heterocycles. The third-order valence-electron chi connectivity index (χ3n) is 2.83. The largest absolute Gasteiger partial charge is 0.398 e. The number of aryl methyl sites for hydroxylation is 1. The van der Waals surface area contributed by atoms with Gasteiger partial charge in [-0.1, -0.05) is 23.4 Å². The Balaban J connectivity index is 1.84. The maximum atomic E-state index is 5.89. The number of hydrogen-bond donors (Lipinski definition) is 1. The second-order valence-corrected chi connectivity index (χ2v) is 4.29. The van der Waals surface area contributed by atoms with Gasteiger partial charge < -0.3 is 10.3 Å². The van der Waals surface area contributed by atoms with Crippen molar-refractivity contribution in [2.24, 2.45) is 7.05 Å². The molecular weight excluding hydrogens is 242 g/mol. The quantitative estimate of drug-likeness (QED) is 0.719. The number of hydrogen-bond acceptors (Lipinski definition) is 5. The van der Waals surface area contributed by atoms with E-state index in [9.17, 15) is 0 Å². The fourth-order valence-corrected chi connectivity index (χ4v) is 1.84. The summed E-state index contributed by atoms with van der Waals surface area (Å²) in [5, 5.41) is 8.02. The lowest BCUT2D eigenvalue weighted by Gasteiger charge is -2.00. The Morgan fingerprint density at radius 3 is 2.89 bits per heavy atom. The highest BCUT2D eigenvalue weighted by Crippen LogP contribution is 2.18. The Hall–Kier alpha value is -2.63. The van der Waals surface area contributed by atoms with E-state index in [1.807, 2.05) is 37.5 Å². The first-order chi connectivity index (χ1) is 9.22. The second kappa shape index (κ2) is 4.56. The Kier molecular flexibility index (Phi) is 2.75. The van der Waals surface area contributed by atoms with Crippen LogP contribution >= 0.6 is 0 Å². The lowest BCUT2D eigenvalue weighted by Crippen LogP contribution is -1.95. The standard InChI is InChI=1S/C13H13N5O/c1-18-8-10(7-15-18)13-16-12(19-17-13)6-9-4-2-3-5-11(9)14/h2-5,7-8H,6,14H2,1H3. The molecular formula is C13H13N5O. The van der Waals surface area contributed by atoms with E-state index >= 15 is 0 Å². The molecule has 6 heteroatoms. The van der Waals surface area contributed by atoms with E-state index < -0.39 is 0 Å². The zero-order valence-electron chi connectivity index (χ0n) is 10.4. The van der Waals surface area contributed by atoms with Crippen LogP contribution in [0.3, 0.4) is 0 Å². The van der Waals surface area contributed by atoms with Crippen LogP contribution in [0, 0.1) is 0 Å².